The lowest BCUT2D eigenvalue weighted by molar-refractivity contribution is 0.527. The smallest absolute Gasteiger partial charge is 0.179 e. The molecule has 3 nitrogen and oxygen atoms in total. The van der Waals surface area contributed by atoms with E-state index in [1.54, 1.807) is 24.3 Å². The maximum Gasteiger partial charge on any atom is 0.179 e. The van der Waals surface area contributed by atoms with Gasteiger partial charge in [-0.3, -0.25) is 0 Å². The van der Waals surface area contributed by atoms with Crippen LogP contribution in [0.15, 0.2) is 29.2 Å². The molecule has 17 heavy (non-hydrogen) atoms. The van der Waals surface area contributed by atoms with Crippen molar-refractivity contribution in [2.75, 3.05) is 12.8 Å². The molecule has 0 radical (unpaired) electrons. The van der Waals surface area contributed by atoms with Gasteiger partial charge in [0.1, 0.15) is 0 Å². The Morgan fingerprint density at radius 2 is 1.94 bits per heavy atom. The van der Waals surface area contributed by atoms with E-state index in [2.05, 4.69) is 5.32 Å². The Morgan fingerprint density at radius 1 is 1.35 bits per heavy atom. The lowest BCUT2D eigenvalue weighted by Gasteiger charge is -2.15. The standard InChI is InChI=1S/C12H16ClNO2S/c1-14-12(9-2-3-9)8-17(15,16)11-6-4-10(13)5-7-11/h4-7,9,12,14H,2-3,8H2,1H3. The molecule has 0 bridgehead atoms. The van der Waals surface area contributed by atoms with Crippen molar-refractivity contribution in [3.8, 4) is 0 Å². The molecule has 1 N–H and O–H groups in total. The Morgan fingerprint density at radius 3 is 2.41 bits per heavy atom. The van der Waals surface area contributed by atoms with Crippen molar-refractivity contribution in [1.82, 2.24) is 5.32 Å². The van der Waals surface area contributed by atoms with Gasteiger partial charge in [0.15, 0.2) is 9.84 Å². The third kappa shape index (κ3) is 3.21. The van der Waals surface area contributed by atoms with Crippen molar-refractivity contribution in [1.29, 1.82) is 0 Å². The zero-order valence-electron chi connectivity index (χ0n) is 9.69. The van der Waals surface area contributed by atoms with Crippen LogP contribution < -0.4 is 5.32 Å². The van der Waals surface area contributed by atoms with Crippen LogP contribution >= 0.6 is 11.6 Å². The molecule has 94 valence electrons. The van der Waals surface area contributed by atoms with Crippen LogP contribution in [0.2, 0.25) is 5.02 Å². The molecule has 1 saturated carbocycles. The van der Waals surface area contributed by atoms with E-state index in [0.717, 1.165) is 12.8 Å². The van der Waals surface area contributed by atoms with Crippen molar-refractivity contribution < 1.29 is 8.42 Å². The summed E-state index contributed by atoms with van der Waals surface area (Å²) in [7, 11) is -1.39. The van der Waals surface area contributed by atoms with Gasteiger partial charge in [0, 0.05) is 11.1 Å². The summed E-state index contributed by atoms with van der Waals surface area (Å²) in [6, 6.07) is 6.42. The number of rotatable bonds is 5. The summed E-state index contributed by atoms with van der Waals surface area (Å²) in [6.45, 7) is 0. The quantitative estimate of drug-likeness (QED) is 0.894. The summed E-state index contributed by atoms with van der Waals surface area (Å²) in [5.41, 5.74) is 0. The summed E-state index contributed by atoms with van der Waals surface area (Å²) in [5, 5.41) is 3.65. The molecule has 1 aromatic rings. The van der Waals surface area contributed by atoms with Gasteiger partial charge >= 0.3 is 0 Å². The highest BCUT2D eigenvalue weighted by molar-refractivity contribution is 7.91. The second-order valence-corrected chi connectivity index (χ2v) is 6.94. The van der Waals surface area contributed by atoms with Gasteiger partial charge in [-0.25, -0.2) is 8.42 Å². The van der Waals surface area contributed by atoms with Gasteiger partial charge in [-0.2, -0.15) is 0 Å². The zero-order chi connectivity index (χ0) is 12.5. The number of benzene rings is 1. The molecule has 5 heteroatoms. The number of sulfone groups is 1. The van der Waals surface area contributed by atoms with E-state index in [1.165, 1.54) is 0 Å². The SMILES string of the molecule is CNC(CS(=O)(=O)c1ccc(Cl)cc1)C1CC1. The van der Waals surface area contributed by atoms with Gasteiger partial charge in [-0.15, -0.1) is 0 Å². The second kappa shape index (κ2) is 4.96. The zero-order valence-corrected chi connectivity index (χ0v) is 11.3. The molecule has 1 aliphatic rings. The molecular weight excluding hydrogens is 258 g/mol. The molecule has 0 spiro atoms. The highest BCUT2D eigenvalue weighted by Crippen LogP contribution is 2.33. The summed E-state index contributed by atoms with van der Waals surface area (Å²) in [6.07, 6.45) is 2.25. The summed E-state index contributed by atoms with van der Waals surface area (Å²) >= 11 is 5.75. The third-order valence-corrected chi connectivity index (χ3v) is 5.17. The molecule has 0 saturated heterocycles. The number of hydrogen-bond donors (Lipinski definition) is 1. The average molecular weight is 274 g/mol. The topological polar surface area (TPSA) is 46.2 Å². The molecule has 1 fully saturated rings. The first kappa shape index (κ1) is 12.9. The van der Waals surface area contributed by atoms with Crippen molar-refractivity contribution in [3.63, 3.8) is 0 Å². The molecule has 0 heterocycles. The van der Waals surface area contributed by atoms with Crippen molar-refractivity contribution in [2.45, 2.75) is 23.8 Å². The van der Waals surface area contributed by atoms with Crippen LogP contribution in [0.25, 0.3) is 0 Å². The molecule has 2 rings (SSSR count). The van der Waals surface area contributed by atoms with Crippen LogP contribution in [-0.2, 0) is 9.84 Å². The third-order valence-electron chi connectivity index (χ3n) is 3.13. The fourth-order valence-corrected chi connectivity index (χ4v) is 3.71. The van der Waals surface area contributed by atoms with Crippen LogP contribution in [0.1, 0.15) is 12.8 Å². The van der Waals surface area contributed by atoms with Gasteiger partial charge in [-0.1, -0.05) is 11.6 Å². The van der Waals surface area contributed by atoms with Gasteiger partial charge in [-0.05, 0) is 50.1 Å². The number of hydrogen-bond acceptors (Lipinski definition) is 3. The first-order chi connectivity index (χ1) is 8.03. The van der Waals surface area contributed by atoms with Crippen LogP contribution in [0.4, 0.5) is 0 Å². The van der Waals surface area contributed by atoms with E-state index in [-0.39, 0.29) is 11.8 Å². The maximum absolute atomic E-state index is 12.2. The van der Waals surface area contributed by atoms with E-state index in [9.17, 15) is 8.42 Å². The van der Waals surface area contributed by atoms with E-state index in [0.29, 0.717) is 15.8 Å². The van der Waals surface area contributed by atoms with Gasteiger partial charge in [0.05, 0.1) is 10.6 Å². The van der Waals surface area contributed by atoms with Crippen LogP contribution in [0.5, 0.6) is 0 Å². The second-order valence-electron chi connectivity index (χ2n) is 4.47. The molecule has 1 atom stereocenters. The van der Waals surface area contributed by atoms with E-state index >= 15 is 0 Å². The van der Waals surface area contributed by atoms with Crippen LogP contribution in [-0.4, -0.2) is 27.3 Å². The summed E-state index contributed by atoms with van der Waals surface area (Å²) in [4.78, 5) is 0.350. The predicted molar refractivity (Wildman–Crippen MR) is 69.1 cm³/mol. The molecule has 0 aromatic heterocycles. The Hall–Kier alpha value is -0.580. The highest BCUT2D eigenvalue weighted by Gasteiger charge is 2.33. The van der Waals surface area contributed by atoms with Crippen molar-refractivity contribution >= 4 is 21.4 Å². The first-order valence-corrected chi connectivity index (χ1v) is 7.71. The van der Waals surface area contributed by atoms with Crippen molar-refractivity contribution in [2.24, 2.45) is 5.92 Å². The minimum absolute atomic E-state index is 0.0654. The Labute approximate surface area is 107 Å². The minimum atomic E-state index is -3.21. The lowest BCUT2D eigenvalue weighted by Crippen LogP contribution is -2.34. The Bertz CT molecular complexity index is 480. The van der Waals surface area contributed by atoms with Gasteiger partial charge in [0.2, 0.25) is 0 Å². The molecule has 0 amide bonds. The highest BCUT2D eigenvalue weighted by atomic mass is 35.5. The lowest BCUT2D eigenvalue weighted by atomic mass is 10.2. The Balaban J connectivity index is 2.15. The number of nitrogens with one attached hydrogen (secondary N) is 1. The van der Waals surface area contributed by atoms with E-state index in [1.807, 2.05) is 7.05 Å². The largest absolute Gasteiger partial charge is 0.316 e. The summed E-state index contributed by atoms with van der Waals surface area (Å²) in [5.74, 6) is 0.678. The molecule has 1 aliphatic carbocycles. The molecule has 1 unspecified atom stereocenters. The summed E-state index contributed by atoms with van der Waals surface area (Å²) < 4.78 is 24.3. The first-order valence-electron chi connectivity index (χ1n) is 5.68. The van der Waals surface area contributed by atoms with Crippen molar-refractivity contribution in [3.05, 3.63) is 29.3 Å². The van der Waals surface area contributed by atoms with E-state index < -0.39 is 9.84 Å². The monoisotopic (exact) mass is 273 g/mol. The fourth-order valence-electron chi connectivity index (χ4n) is 1.93. The molecule has 0 aliphatic heterocycles. The van der Waals surface area contributed by atoms with Crippen LogP contribution in [0.3, 0.4) is 0 Å². The molecular formula is C12H16ClNO2S. The number of halogens is 1. The average Bonchev–Trinajstić information content (AvgIpc) is 3.10. The Kier molecular flexibility index (Phi) is 3.76. The fraction of sp³-hybridized carbons (Fsp3) is 0.500. The minimum Gasteiger partial charge on any atom is -0.316 e. The van der Waals surface area contributed by atoms with Crippen LogP contribution in [0, 0.1) is 5.92 Å². The van der Waals surface area contributed by atoms with Gasteiger partial charge in [0.25, 0.3) is 0 Å². The normalized spacial score (nSPS) is 18.0. The molecule has 1 aromatic carbocycles. The van der Waals surface area contributed by atoms with E-state index in [4.69, 9.17) is 11.6 Å². The van der Waals surface area contributed by atoms with Gasteiger partial charge < -0.3 is 5.32 Å². The maximum atomic E-state index is 12.2. The predicted octanol–water partition coefficient (Wildman–Crippen LogP) is 2.11.